The van der Waals surface area contributed by atoms with Crippen molar-refractivity contribution in [1.29, 1.82) is 0 Å². The second kappa shape index (κ2) is 6.40. The first-order valence-corrected chi connectivity index (χ1v) is 9.03. The number of nitrogens with zero attached hydrogens (tertiary/aromatic N) is 2. The Balaban J connectivity index is 1.65. The molecule has 1 aliphatic carbocycles. The van der Waals surface area contributed by atoms with Gasteiger partial charge in [0.1, 0.15) is 17.3 Å². The van der Waals surface area contributed by atoms with Crippen LogP contribution in [0.1, 0.15) is 49.1 Å². The van der Waals surface area contributed by atoms with Gasteiger partial charge in [0.2, 0.25) is 0 Å². The normalized spacial score (nSPS) is 18.7. The summed E-state index contributed by atoms with van der Waals surface area (Å²) in [7, 11) is 0. The highest BCUT2D eigenvalue weighted by molar-refractivity contribution is 5.38. The summed E-state index contributed by atoms with van der Waals surface area (Å²) >= 11 is 0. The smallest absolute Gasteiger partial charge is 0.125 e. The lowest BCUT2D eigenvalue weighted by atomic mass is 9.74. The standard InChI is InChI=1S/C21H24FN3O/c1-14-7-8-17(26-14)12-23-19-10-21(2,3)11-20-18(19)13-24-25(20)16-6-4-5-15(22)9-16/h4-9,13,19,23H,10-12H2,1-3H3. The number of fused-ring (bicyclic) bond motifs is 1. The van der Waals surface area contributed by atoms with Gasteiger partial charge in [0.15, 0.2) is 0 Å². The van der Waals surface area contributed by atoms with Crippen molar-refractivity contribution in [2.45, 2.75) is 46.2 Å². The van der Waals surface area contributed by atoms with E-state index in [0.717, 1.165) is 35.7 Å². The van der Waals surface area contributed by atoms with E-state index in [4.69, 9.17) is 4.42 Å². The van der Waals surface area contributed by atoms with Crippen LogP contribution in [-0.2, 0) is 13.0 Å². The molecular weight excluding hydrogens is 329 g/mol. The summed E-state index contributed by atoms with van der Waals surface area (Å²) in [5.74, 6) is 1.61. The Hall–Kier alpha value is -2.40. The minimum absolute atomic E-state index is 0.134. The van der Waals surface area contributed by atoms with E-state index in [1.54, 1.807) is 6.07 Å². The maximum absolute atomic E-state index is 13.7. The van der Waals surface area contributed by atoms with Crippen molar-refractivity contribution in [3.05, 3.63) is 71.2 Å². The van der Waals surface area contributed by atoms with Gasteiger partial charge in [0, 0.05) is 17.3 Å². The highest BCUT2D eigenvalue weighted by Gasteiger charge is 2.35. The second-order valence-electron chi connectivity index (χ2n) is 7.93. The van der Waals surface area contributed by atoms with Gasteiger partial charge in [0.05, 0.1) is 18.4 Å². The molecule has 4 nitrogen and oxygen atoms in total. The Kier molecular flexibility index (Phi) is 4.19. The van der Waals surface area contributed by atoms with Crippen LogP contribution in [0.2, 0.25) is 0 Å². The molecule has 1 aliphatic rings. The molecule has 0 fully saturated rings. The van der Waals surface area contributed by atoms with Crippen LogP contribution in [0, 0.1) is 18.2 Å². The van der Waals surface area contributed by atoms with Crippen LogP contribution >= 0.6 is 0 Å². The number of halogens is 1. The van der Waals surface area contributed by atoms with Gasteiger partial charge >= 0.3 is 0 Å². The van der Waals surface area contributed by atoms with Crippen molar-refractivity contribution in [1.82, 2.24) is 15.1 Å². The predicted molar refractivity (Wildman–Crippen MR) is 98.6 cm³/mol. The van der Waals surface area contributed by atoms with Crippen LogP contribution in [-0.4, -0.2) is 9.78 Å². The van der Waals surface area contributed by atoms with E-state index in [1.807, 2.05) is 36.0 Å². The van der Waals surface area contributed by atoms with Gasteiger partial charge in [-0.25, -0.2) is 9.07 Å². The largest absolute Gasteiger partial charge is 0.465 e. The fourth-order valence-electron chi connectivity index (χ4n) is 3.86. The number of hydrogen-bond donors (Lipinski definition) is 1. The topological polar surface area (TPSA) is 43.0 Å². The van der Waals surface area contributed by atoms with Gasteiger partial charge in [0.25, 0.3) is 0 Å². The number of aromatic nitrogens is 2. The number of hydrogen-bond acceptors (Lipinski definition) is 3. The first kappa shape index (κ1) is 17.0. The lowest BCUT2D eigenvalue weighted by molar-refractivity contribution is 0.249. The number of benzene rings is 1. The van der Waals surface area contributed by atoms with E-state index in [9.17, 15) is 4.39 Å². The van der Waals surface area contributed by atoms with E-state index in [1.165, 1.54) is 17.7 Å². The molecule has 3 aromatic rings. The molecule has 0 aliphatic heterocycles. The third-order valence-electron chi connectivity index (χ3n) is 5.05. The molecular formula is C21H24FN3O. The van der Waals surface area contributed by atoms with Crippen molar-refractivity contribution < 1.29 is 8.81 Å². The predicted octanol–water partition coefficient (Wildman–Crippen LogP) is 4.72. The van der Waals surface area contributed by atoms with E-state index >= 15 is 0 Å². The van der Waals surface area contributed by atoms with Crippen LogP contribution in [0.25, 0.3) is 5.69 Å². The molecule has 2 aromatic heterocycles. The summed E-state index contributed by atoms with van der Waals surface area (Å²) in [6.07, 6.45) is 3.85. The maximum Gasteiger partial charge on any atom is 0.125 e. The maximum atomic E-state index is 13.7. The van der Waals surface area contributed by atoms with E-state index in [0.29, 0.717) is 6.54 Å². The number of aryl methyl sites for hydroxylation is 1. The molecule has 0 spiro atoms. The molecule has 0 radical (unpaired) electrons. The molecule has 2 heterocycles. The molecule has 0 bridgehead atoms. The van der Waals surface area contributed by atoms with Gasteiger partial charge in [-0.2, -0.15) is 5.10 Å². The molecule has 4 rings (SSSR count). The van der Waals surface area contributed by atoms with Gasteiger partial charge in [-0.15, -0.1) is 0 Å². The fourth-order valence-corrected chi connectivity index (χ4v) is 3.86. The van der Waals surface area contributed by atoms with Crippen molar-refractivity contribution in [2.75, 3.05) is 0 Å². The minimum Gasteiger partial charge on any atom is -0.465 e. The van der Waals surface area contributed by atoms with E-state index < -0.39 is 0 Å². The van der Waals surface area contributed by atoms with Crippen LogP contribution in [0.3, 0.4) is 0 Å². The Labute approximate surface area is 153 Å². The Bertz CT molecular complexity index is 925. The fraction of sp³-hybridized carbons (Fsp3) is 0.381. The van der Waals surface area contributed by atoms with Crippen molar-refractivity contribution in [2.24, 2.45) is 5.41 Å². The van der Waals surface area contributed by atoms with Crippen molar-refractivity contribution in [3.8, 4) is 5.69 Å². The van der Waals surface area contributed by atoms with Gasteiger partial charge in [-0.05, 0) is 55.5 Å². The van der Waals surface area contributed by atoms with Crippen LogP contribution in [0.15, 0.2) is 47.0 Å². The van der Waals surface area contributed by atoms with Gasteiger partial charge < -0.3 is 9.73 Å². The zero-order valence-corrected chi connectivity index (χ0v) is 15.4. The molecule has 136 valence electrons. The lowest BCUT2D eigenvalue weighted by Gasteiger charge is -2.36. The number of rotatable bonds is 4. The molecule has 0 saturated heterocycles. The zero-order chi connectivity index (χ0) is 18.3. The molecule has 0 saturated carbocycles. The monoisotopic (exact) mass is 353 g/mol. The third-order valence-corrected chi connectivity index (χ3v) is 5.05. The van der Waals surface area contributed by atoms with Crippen molar-refractivity contribution in [3.63, 3.8) is 0 Å². The average Bonchev–Trinajstić information content (AvgIpc) is 3.17. The molecule has 26 heavy (non-hydrogen) atoms. The summed E-state index contributed by atoms with van der Waals surface area (Å²) in [6, 6.07) is 10.8. The lowest BCUT2D eigenvalue weighted by Crippen LogP contribution is -2.33. The number of furan rings is 1. The summed E-state index contributed by atoms with van der Waals surface area (Å²) < 4.78 is 21.2. The van der Waals surface area contributed by atoms with Gasteiger partial charge in [-0.3, -0.25) is 0 Å². The van der Waals surface area contributed by atoms with Crippen LogP contribution < -0.4 is 5.32 Å². The zero-order valence-electron chi connectivity index (χ0n) is 15.4. The third kappa shape index (κ3) is 3.31. The second-order valence-corrected chi connectivity index (χ2v) is 7.93. The van der Waals surface area contributed by atoms with Crippen LogP contribution in [0.5, 0.6) is 0 Å². The molecule has 1 unspecified atom stereocenters. The Morgan fingerprint density at radius 3 is 2.88 bits per heavy atom. The molecule has 1 aromatic carbocycles. The first-order chi connectivity index (χ1) is 12.4. The molecule has 5 heteroatoms. The minimum atomic E-state index is -0.246. The SMILES string of the molecule is Cc1ccc(CNC2CC(C)(C)Cc3c2cnn3-c2cccc(F)c2)o1. The van der Waals surface area contributed by atoms with E-state index in [2.05, 4.69) is 24.3 Å². The summed E-state index contributed by atoms with van der Waals surface area (Å²) in [6.45, 7) is 7.17. The van der Waals surface area contributed by atoms with Crippen LogP contribution in [0.4, 0.5) is 4.39 Å². The van der Waals surface area contributed by atoms with Gasteiger partial charge in [-0.1, -0.05) is 19.9 Å². The first-order valence-electron chi connectivity index (χ1n) is 9.03. The quantitative estimate of drug-likeness (QED) is 0.738. The average molecular weight is 353 g/mol. The Morgan fingerprint density at radius 1 is 1.31 bits per heavy atom. The molecule has 0 amide bonds. The molecule has 1 atom stereocenters. The summed E-state index contributed by atoms with van der Waals surface area (Å²) in [5, 5.41) is 8.19. The summed E-state index contributed by atoms with van der Waals surface area (Å²) in [5.41, 5.74) is 3.25. The summed E-state index contributed by atoms with van der Waals surface area (Å²) in [4.78, 5) is 0. The highest BCUT2D eigenvalue weighted by atomic mass is 19.1. The highest BCUT2D eigenvalue weighted by Crippen LogP contribution is 2.41. The van der Waals surface area contributed by atoms with E-state index in [-0.39, 0.29) is 17.3 Å². The number of nitrogens with one attached hydrogen (secondary N) is 1. The Morgan fingerprint density at radius 2 is 2.15 bits per heavy atom. The van der Waals surface area contributed by atoms with Crippen molar-refractivity contribution >= 4 is 0 Å². The molecule has 1 N–H and O–H groups in total.